The van der Waals surface area contributed by atoms with Crippen LogP contribution in [0.5, 0.6) is 6.01 Å². The number of hydrogen-bond donors (Lipinski definition) is 1. The number of nitrogens with zero attached hydrogens (tertiary/aromatic N) is 7. The molecule has 1 amide bonds. The lowest BCUT2D eigenvalue weighted by Gasteiger charge is -2.37. The first-order valence-corrected chi connectivity index (χ1v) is 18.8. The van der Waals surface area contributed by atoms with Crippen LogP contribution in [0.2, 0.25) is 10.0 Å². The fraction of sp³-hybridized carbons (Fsp3) is 0.611. The number of ether oxygens (including phenoxy) is 2. The van der Waals surface area contributed by atoms with Crippen molar-refractivity contribution in [3.05, 3.63) is 62.0 Å². The van der Waals surface area contributed by atoms with Gasteiger partial charge in [0.1, 0.15) is 12.4 Å². The molecule has 5 aliphatic heterocycles. The molecule has 3 fully saturated rings. The highest BCUT2D eigenvalue weighted by Gasteiger charge is 2.48. The minimum atomic E-state index is -0.474. The van der Waals surface area contributed by atoms with E-state index in [2.05, 4.69) is 28.1 Å². The minimum absolute atomic E-state index is 0.0559. The Hall–Kier alpha value is -2.96. The van der Waals surface area contributed by atoms with E-state index in [-0.39, 0.29) is 11.4 Å². The Bertz CT molecular complexity index is 1800. The average Bonchev–Trinajstić information content (AvgIpc) is 3.79. The zero-order chi connectivity index (χ0) is 33.3. The van der Waals surface area contributed by atoms with E-state index in [0.29, 0.717) is 68.5 Å². The molecule has 11 nitrogen and oxygen atoms in total. The van der Waals surface area contributed by atoms with Crippen LogP contribution in [0.4, 0.5) is 5.82 Å². The van der Waals surface area contributed by atoms with Gasteiger partial charge in [0.15, 0.2) is 5.69 Å². The van der Waals surface area contributed by atoms with Gasteiger partial charge in [-0.2, -0.15) is 15.1 Å². The summed E-state index contributed by atoms with van der Waals surface area (Å²) in [5.74, 6) is 1.37. The molecule has 49 heavy (non-hydrogen) atoms. The molecule has 1 aliphatic carbocycles. The molecule has 6 aliphatic rings. The standard InChI is InChI=1S/C36H44Cl2N8O3/c1-23-17-35(8-3-13-45(35)19-23)22-48-34-40-28-18-36(9-7-24-26(36)5-2-6-27(24)37)49-21-25(28)32(41-34)44-12-4-14-46-29(20-44)30(38)31(42-46)33(47)43-15-10-39-11-16-43/h2,5-6,23,39H,3-4,7-22H2,1H3/t23-,35+,36+/m1/s1. The average molecular weight is 708 g/mol. The summed E-state index contributed by atoms with van der Waals surface area (Å²) in [6.07, 6.45) is 6.69. The Balaban J connectivity index is 1.06. The number of halogens is 2. The monoisotopic (exact) mass is 706 g/mol. The van der Waals surface area contributed by atoms with Crippen LogP contribution in [0.15, 0.2) is 18.2 Å². The van der Waals surface area contributed by atoms with Crippen molar-refractivity contribution in [2.45, 2.75) is 82.7 Å². The molecule has 0 radical (unpaired) electrons. The van der Waals surface area contributed by atoms with Crippen LogP contribution >= 0.6 is 23.2 Å². The van der Waals surface area contributed by atoms with E-state index >= 15 is 0 Å². The molecular weight excluding hydrogens is 663 g/mol. The van der Waals surface area contributed by atoms with Crippen LogP contribution in [0.1, 0.15) is 77.6 Å². The smallest absolute Gasteiger partial charge is 0.318 e. The topological polar surface area (TPSA) is 101 Å². The molecule has 260 valence electrons. The molecule has 3 atom stereocenters. The lowest BCUT2D eigenvalue weighted by Crippen LogP contribution is -2.46. The van der Waals surface area contributed by atoms with E-state index in [0.717, 1.165) is 92.6 Å². The van der Waals surface area contributed by atoms with Crippen LogP contribution in [0, 0.1) is 5.92 Å². The van der Waals surface area contributed by atoms with Gasteiger partial charge < -0.3 is 24.6 Å². The summed E-state index contributed by atoms with van der Waals surface area (Å²) in [4.78, 5) is 30.5. The Morgan fingerprint density at radius 2 is 1.96 bits per heavy atom. The summed E-state index contributed by atoms with van der Waals surface area (Å²) in [5.41, 5.74) is 5.06. The maximum Gasteiger partial charge on any atom is 0.318 e. The van der Waals surface area contributed by atoms with Crippen LogP contribution in [-0.2, 0) is 42.9 Å². The second-order valence-electron chi connectivity index (χ2n) is 15.0. The Kier molecular flexibility index (Phi) is 8.07. The molecule has 2 aromatic heterocycles. The van der Waals surface area contributed by atoms with Crippen molar-refractivity contribution in [1.29, 1.82) is 0 Å². The number of rotatable bonds is 5. The molecule has 1 N–H and O–H groups in total. The van der Waals surface area contributed by atoms with Gasteiger partial charge >= 0.3 is 6.01 Å². The third kappa shape index (κ3) is 5.42. The predicted octanol–water partition coefficient (Wildman–Crippen LogP) is 4.60. The fourth-order valence-corrected chi connectivity index (χ4v) is 10.1. The molecule has 1 spiro atoms. The van der Waals surface area contributed by atoms with Crippen molar-refractivity contribution < 1.29 is 14.3 Å². The Morgan fingerprint density at radius 3 is 2.84 bits per heavy atom. The van der Waals surface area contributed by atoms with Gasteiger partial charge in [-0.15, -0.1) is 0 Å². The predicted molar refractivity (Wildman–Crippen MR) is 186 cm³/mol. The summed E-state index contributed by atoms with van der Waals surface area (Å²) in [5, 5.41) is 9.29. The van der Waals surface area contributed by atoms with E-state index in [9.17, 15) is 4.79 Å². The number of fused-ring (bicyclic) bond motifs is 5. The van der Waals surface area contributed by atoms with Gasteiger partial charge in [0.05, 0.1) is 40.7 Å². The van der Waals surface area contributed by atoms with Gasteiger partial charge in [-0.1, -0.05) is 42.3 Å². The number of amides is 1. The molecule has 3 aromatic rings. The normalized spacial score (nSPS) is 27.9. The number of carbonyl (C=O) groups excluding carboxylic acids is 1. The largest absolute Gasteiger partial charge is 0.461 e. The van der Waals surface area contributed by atoms with Gasteiger partial charge in [0.2, 0.25) is 0 Å². The first-order chi connectivity index (χ1) is 23.8. The maximum atomic E-state index is 13.5. The number of benzene rings is 1. The van der Waals surface area contributed by atoms with Crippen LogP contribution < -0.4 is 15.0 Å². The number of hydrogen-bond acceptors (Lipinski definition) is 9. The van der Waals surface area contributed by atoms with E-state index < -0.39 is 5.60 Å². The van der Waals surface area contributed by atoms with Crippen LogP contribution in [-0.4, -0.2) is 93.4 Å². The highest BCUT2D eigenvalue weighted by molar-refractivity contribution is 6.34. The van der Waals surface area contributed by atoms with Gasteiger partial charge in [-0.05, 0) is 68.2 Å². The van der Waals surface area contributed by atoms with Crippen molar-refractivity contribution in [3.63, 3.8) is 0 Å². The molecule has 0 saturated carbocycles. The van der Waals surface area contributed by atoms with E-state index in [1.807, 2.05) is 21.7 Å². The summed E-state index contributed by atoms with van der Waals surface area (Å²) in [7, 11) is 0. The van der Waals surface area contributed by atoms with E-state index in [1.165, 1.54) is 17.5 Å². The number of aromatic nitrogens is 4. The molecule has 0 bridgehead atoms. The number of piperazine rings is 1. The summed E-state index contributed by atoms with van der Waals surface area (Å²) in [6.45, 7) is 10.3. The second-order valence-corrected chi connectivity index (χ2v) is 15.8. The zero-order valence-electron chi connectivity index (χ0n) is 28.1. The molecule has 3 saturated heterocycles. The first-order valence-electron chi connectivity index (χ1n) is 18.0. The lowest BCUT2D eigenvalue weighted by molar-refractivity contribution is -0.0730. The molecule has 13 heteroatoms. The summed E-state index contributed by atoms with van der Waals surface area (Å²) in [6, 6.07) is 6.57. The molecular formula is C36H44Cl2N8O3. The van der Waals surface area contributed by atoms with Gasteiger partial charge in [-0.3, -0.25) is 14.4 Å². The molecule has 7 heterocycles. The van der Waals surface area contributed by atoms with Crippen molar-refractivity contribution in [2.75, 3.05) is 57.3 Å². The van der Waals surface area contributed by atoms with Crippen molar-refractivity contribution in [2.24, 2.45) is 5.92 Å². The van der Waals surface area contributed by atoms with Gasteiger partial charge in [-0.25, -0.2) is 0 Å². The third-order valence-corrected chi connectivity index (χ3v) is 12.6. The Labute approximate surface area is 297 Å². The summed E-state index contributed by atoms with van der Waals surface area (Å²) >= 11 is 13.7. The SMILES string of the molecule is C[C@H]1CN2CCC[C@@]2(COc2nc3c(c(N4CCCn5nc(C(=O)N6CCNCC6)c(Cl)c5C4)n2)CO[C@@]2(CCc4c(Cl)cccc42)C3)C1. The van der Waals surface area contributed by atoms with E-state index in [4.69, 9.17) is 47.7 Å². The molecule has 0 unspecified atom stereocenters. The summed E-state index contributed by atoms with van der Waals surface area (Å²) < 4.78 is 15.4. The number of nitrogens with one attached hydrogen (secondary N) is 1. The van der Waals surface area contributed by atoms with Crippen LogP contribution in [0.3, 0.4) is 0 Å². The van der Waals surface area contributed by atoms with Gasteiger partial charge in [0, 0.05) is 62.8 Å². The number of carbonyl (C=O) groups is 1. The first kappa shape index (κ1) is 32.0. The third-order valence-electron chi connectivity index (χ3n) is 11.9. The van der Waals surface area contributed by atoms with Crippen molar-refractivity contribution in [1.82, 2.24) is 34.9 Å². The number of aryl methyl sites for hydroxylation is 1. The van der Waals surface area contributed by atoms with Crippen LogP contribution in [0.25, 0.3) is 0 Å². The van der Waals surface area contributed by atoms with Crippen molar-refractivity contribution in [3.8, 4) is 6.01 Å². The maximum absolute atomic E-state index is 13.5. The second kappa shape index (κ2) is 12.4. The molecule has 9 rings (SSSR count). The van der Waals surface area contributed by atoms with E-state index in [1.54, 1.807) is 0 Å². The highest BCUT2D eigenvalue weighted by atomic mass is 35.5. The zero-order valence-corrected chi connectivity index (χ0v) is 29.7. The molecule has 1 aromatic carbocycles. The Morgan fingerprint density at radius 1 is 1.08 bits per heavy atom. The number of anilines is 1. The van der Waals surface area contributed by atoms with Crippen molar-refractivity contribution >= 4 is 34.9 Å². The minimum Gasteiger partial charge on any atom is -0.461 e. The van der Waals surface area contributed by atoms with Gasteiger partial charge in [0.25, 0.3) is 5.91 Å². The quantitative estimate of drug-likeness (QED) is 0.408. The highest BCUT2D eigenvalue weighted by Crippen LogP contribution is 2.49. The lowest BCUT2D eigenvalue weighted by atomic mass is 9.87. The fourth-order valence-electron chi connectivity index (χ4n) is 9.52.